The predicted molar refractivity (Wildman–Crippen MR) is 93.5 cm³/mol. The molecule has 0 spiro atoms. The van der Waals surface area contributed by atoms with Crippen molar-refractivity contribution in [2.24, 2.45) is 0 Å². The van der Waals surface area contributed by atoms with Gasteiger partial charge in [-0.2, -0.15) is 0 Å². The molecule has 2 aromatic rings. The first-order valence-electron chi connectivity index (χ1n) is 8.08. The smallest absolute Gasteiger partial charge is 0.242 e. The molecule has 0 aliphatic carbocycles. The van der Waals surface area contributed by atoms with Crippen LogP contribution in [0.3, 0.4) is 0 Å². The Morgan fingerprint density at radius 3 is 2.96 bits per heavy atom. The van der Waals surface area contributed by atoms with E-state index in [0.717, 1.165) is 41.7 Å². The molecule has 1 aromatic carbocycles. The maximum atomic E-state index is 12.1. The highest BCUT2D eigenvalue weighted by Crippen LogP contribution is 2.25. The van der Waals surface area contributed by atoms with Crippen LogP contribution in [0.25, 0.3) is 11.4 Å². The number of benzene rings is 1. The topological polar surface area (TPSA) is 59.0 Å². The zero-order chi connectivity index (χ0) is 15.6. The van der Waals surface area contributed by atoms with E-state index >= 15 is 0 Å². The van der Waals surface area contributed by atoms with Crippen LogP contribution in [0.1, 0.15) is 18.5 Å². The SMILES string of the molecule is O=C(Nc1ccc(-c2ncc3n2CCCC3)cc1)C1CSCN1. The van der Waals surface area contributed by atoms with Gasteiger partial charge in [-0.15, -0.1) is 11.8 Å². The number of anilines is 1. The van der Waals surface area contributed by atoms with E-state index in [2.05, 4.69) is 20.2 Å². The van der Waals surface area contributed by atoms with Crippen molar-refractivity contribution in [1.82, 2.24) is 14.9 Å². The van der Waals surface area contributed by atoms with Crippen molar-refractivity contribution in [3.63, 3.8) is 0 Å². The fourth-order valence-electron chi connectivity index (χ4n) is 3.16. The van der Waals surface area contributed by atoms with E-state index in [0.29, 0.717) is 0 Å². The third kappa shape index (κ3) is 3.01. The van der Waals surface area contributed by atoms with Gasteiger partial charge < -0.3 is 9.88 Å². The Hall–Kier alpha value is -1.79. The number of carbonyl (C=O) groups excluding carboxylic acids is 1. The molecule has 1 atom stereocenters. The lowest BCUT2D eigenvalue weighted by atomic mass is 10.1. The molecular formula is C17H20N4OS. The molecule has 5 nitrogen and oxygen atoms in total. The lowest BCUT2D eigenvalue weighted by Crippen LogP contribution is -2.37. The van der Waals surface area contributed by atoms with Crippen molar-refractivity contribution in [1.29, 1.82) is 0 Å². The molecule has 2 aliphatic heterocycles. The zero-order valence-corrected chi connectivity index (χ0v) is 13.7. The molecule has 1 unspecified atom stereocenters. The number of carbonyl (C=O) groups is 1. The number of hydrogen-bond donors (Lipinski definition) is 2. The molecule has 0 saturated carbocycles. The Morgan fingerprint density at radius 2 is 2.17 bits per heavy atom. The van der Waals surface area contributed by atoms with Gasteiger partial charge in [-0.05, 0) is 43.5 Å². The first-order valence-corrected chi connectivity index (χ1v) is 9.23. The van der Waals surface area contributed by atoms with Gasteiger partial charge in [-0.1, -0.05) is 0 Å². The molecule has 6 heteroatoms. The maximum absolute atomic E-state index is 12.1. The lowest BCUT2D eigenvalue weighted by Gasteiger charge is -2.16. The Kier molecular flexibility index (Phi) is 4.10. The monoisotopic (exact) mass is 328 g/mol. The molecular weight excluding hydrogens is 308 g/mol. The summed E-state index contributed by atoms with van der Waals surface area (Å²) >= 11 is 1.75. The average Bonchev–Trinajstić information content (AvgIpc) is 3.25. The summed E-state index contributed by atoms with van der Waals surface area (Å²) in [6.45, 7) is 1.05. The summed E-state index contributed by atoms with van der Waals surface area (Å²) in [4.78, 5) is 16.7. The van der Waals surface area contributed by atoms with Crippen molar-refractivity contribution in [3.05, 3.63) is 36.2 Å². The summed E-state index contributed by atoms with van der Waals surface area (Å²) in [6.07, 6.45) is 5.58. The van der Waals surface area contributed by atoms with Crippen molar-refractivity contribution in [2.75, 3.05) is 16.9 Å². The third-order valence-corrected chi connectivity index (χ3v) is 5.39. The van der Waals surface area contributed by atoms with E-state index in [1.165, 1.54) is 18.5 Å². The van der Waals surface area contributed by atoms with E-state index in [1.807, 2.05) is 30.5 Å². The van der Waals surface area contributed by atoms with Crippen molar-refractivity contribution in [3.8, 4) is 11.4 Å². The fourth-order valence-corrected chi connectivity index (χ4v) is 4.10. The number of thioether (sulfide) groups is 1. The molecule has 1 amide bonds. The van der Waals surface area contributed by atoms with E-state index in [-0.39, 0.29) is 11.9 Å². The summed E-state index contributed by atoms with van der Waals surface area (Å²) in [5, 5.41) is 6.16. The van der Waals surface area contributed by atoms with Gasteiger partial charge in [-0.25, -0.2) is 4.98 Å². The fraction of sp³-hybridized carbons (Fsp3) is 0.412. The summed E-state index contributed by atoms with van der Waals surface area (Å²) < 4.78 is 2.32. The Bertz CT molecular complexity index is 704. The largest absolute Gasteiger partial charge is 0.328 e. The van der Waals surface area contributed by atoms with E-state index < -0.39 is 0 Å². The second-order valence-electron chi connectivity index (χ2n) is 6.02. The van der Waals surface area contributed by atoms with Gasteiger partial charge in [-0.3, -0.25) is 10.1 Å². The number of nitrogens with one attached hydrogen (secondary N) is 2. The quantitative estimate of drug-likeness (QED) is 0.909. The van der Waals surface area contributed by atoms with Gasteiger partial charge in [0.25, 0.3) is 0 Å². The van der Waals surface area contributed by atoms with Crippen LogP contribution in [0.2, 0.25) is 0 Å². The summed E-state index contributed by atoms with van der Waals surface area (Å²) in [6, 6.07) is 7.91. The van der Waals surface area contributed by atoms with Crippen LogP contribution < -0.4 is 10.6 Å². The van der Waals surface area contributed by atoms with Crippen molar-refractivity contribution < 1.29 is 4.79 Å². The zero-order valence-electron chi connectivity index (χ0n) is 12.9. The molecule has 0 bridgehead atoms. The molecule has 3 heterocycles. The third-order valence-electron chi connectivity index (χ3n) is 4.45. The van der Waals surface area contributed by atoms with Gasteiger partial charge in [0.2, 0.25) is 5.91 Å². The number of hydrogen-bond acceptors (Lipinski definition) is 4. The van der Waals surface area contributed by atoms with Crippen LogP contribution in [0.15, 0.2) is 30.5 Å². The second-order valence-corrected chi connectivity index (χ2v) is 7.05. The molecule has 1 fully saturated rings. The van der Waals surface area contributed by atoms with Crippen LogP contribution in [0.4, 0.5) is 5.69 Å². The van der Waals surface area contributed by atoms with Crippen LogP contribution in [0.5, 0.6) is 0 Å². The number of aryl methyl sites for hydroxylation is 1. The number of aromatic nitrogens is 2. The van der Waals surface area contributed by atoms with E-state index in [1.54, 1.807) is 11.8 Å². The van der Waals surface area contributed by atoms with Gasteiger partial charge in [0.15, 0.2) is 0 Å². The summed E-state index contributed by atoms with van der Waals surface area (Å²) in [5.74, 6) is 2.76. The van der Waals surface area contributed by atoms with E-state index in [9.17, 15) is 4.79 Å². The minimum atomic E-state index is -0.0843. The van der Waals surface area contributed by atoms with Gasteiger partial charge in [0.05, 0.1) is 6.04 Å². The predicted octanol–water partition coefficient (Wildman–Crippen LogP) is 2.49. The molecule has 120 valence electrons. The molecule has 0 radical (unpaired) electrons. The summed E-state index contributed by atoms with van der Waals surface area (Å²) in [5.41, 5.74) is 3.27. The van der Waals surface area contributed by atoms with Gasteiger partial charge >= 0.3 is 0 Å². The van der Waals surface area contributed by atoms with E-state index in [4.69, 9.17) is 0 Å². The highest BCUT2D eigenvalue weighted by molar-refractivity contribution is 7.99. The lowest BCUT2D eigenvalue weighted by molar-refractivity contribution is -0.117. The number of fused-ring (bicyclic) bond motifs is 1. The number of imidazole rings is 1. The number of rotatable bonds is 3. The molecule has 2 aliphatic rings. The van der Waals surface area contributed by atoms with Crippen LogP contribution in [-0.4, -0.2) is 33.1 Å². The van der Waals surface area contributed by atoms with Gasteiger partial charge in [0, 0.05) is 41.3 Å². The van der Waals surface area contributed by atoms with Gasteiger partial charge in [0.1, 0.15) is 5.82 Å². The Labute approximate surface area is 139 Å². The molecule has 2 N–H and O–H groups in total. The van der Waals surface area contributed by atoms with Crippen molar-refractivity contribution in [2.45, 2.75) is 31.8 Å². The minimum Gasteiger partial charge on any atom is -0.328 e. The number of nitrogens with zero attached hydrogens (tertiary/aromatic N) is 2. The number of amides is 1. The van der Waals surface area contributed by atoms with Crippen LogP contribution in [0, 0.1) is 0 Å². The highest BCUT2D eigenvalue weighted by atomic mass is 32.2. The van der Waals surface area contributed by atoms with Crippen molar-refractivity contribution >= 4 is 23.4 Å². The van der Waals surface area contributed by atoms with Crippen LogP contribution in [-0.2, 0) is 17.8 Å². The Balaban J connectivity index is 1.49. The average molecular weight is 328 g/mol. The normalized spacial score (nSPS) is 20.3. The second kappa shape index (κ2) is 6.37. The molecule has 1 saturated heterocycles. The minimum absolute atomic E-state index is 0.0425. The highest BCUT2D eigenvalue weighted by Gasteiger charge is 2.22. The Morgan fingerprint density at radius 1 is 1.30 bits per heavy atom. The molecule has 4 rings (SSSR count). The molecule has 1 aromatic heterocycles. The maximum Gasteiger partial charge on any atom is 0.242 e. The van der Waals surface area contributed by atoms with Crippen LogP contribution >= 0.6 is 11.8 Å². The first-order chi connectivity index (χ1) is 11.3. The molecule has 23 heavy (non-hydrogen) atoms. The summed E-state index contributed by atoms with van der Waals surface area (Å²) in [7, 11) is 0. The first kappa shape index (κ1) is 14.8. The standard InChI is InChI=1S/C17H20N4OS/c22-17(15-10-23-11-19-15)20-13-6-4-12(5-7-13)16-18-9-14-3-1-2-8-21(14)16/h4-7,9,15,19H,1-3,8,10-11H2,(H,20,22).